The van der Waals surface area contributed by atoms with Crippen molar-refractivity contribution >= 4 is 6.09 Å². The van der Waals surface area contributed by atoms with Crippen molar-refractivity contribution in [1.82, 2.24) is 0 Å². The smallest absolute Gasteiger partial charge is 0.404 e. The highest BCUT2D eigenvalue weighted by Gasteiger charge is 2.50. The average Bonchev–Trinajstić information content (AvgIpc) is 2.60. The summed E-state index contributed by atoms with van der Waals surface area (Å²) in [5.74, 6) is 0. The molecule has 8 N–H and O–H groups in total. The van der Waals surface area contributed by atoms with Crippen LogP contribution < -0.4 is 5.73 Å². The summed E-state index contributed by atoms with van der Waals surface area (Å²) in [5.41, 5.74) is 4.91. The minimum Gasteiger partial charge on any atom is -0.441 e. The largest absolute Gasteiger partial charge is 0.441 e. The van der Waals surface area contributed by atoms with E-state index in [1.54, 1.807) is 0 Å². The van der Waals surface area contributed by atoms with Gasteiger partial charge in [-0.2, -0.15) is 0 Å². The quantitative estimate of drug-likeness (QED) is 0.242. The predicted octanol–water partition coefficient (Wildman–Crippen LogP) is -4.22. The summed E-state index contributed by atoms with van der Waals surface area (Å²) in [5, 5.41) is 58.9. The van der Waals surface area contributed by atoms with Crippen molar-refractivity contribution < 1.29 is 54.4 Å². The Bertz CT molecular complexity index is 480. The number of hydrogen-bond donors (Lipinski definition) is 7. The summed E-state index contributed by atoms with van der Waals surface area (Å²) >= 11 is 0. The van der Waals surface area contributed by atoms with Crippen LogP contribution in [0.25, 0.3) is 0 Å². The lowest BCUT2D eigenvalue weighted by molar-refractivity contribution is -0.339. The van der Waals surface area contributed by atoms with E-state index < -0.39 is 80.5 Å². The summed E-state index contributed by atoms with van der Waals surface area (Å²) < 4.78 is 20.8. The van der Waals surface area contributed by atoms with E-state index in [0.717, 1.165) is 0 Å². The number of aliphatic hydroxyl groups is 6. The van der Waals surface area contributed by atoms with Gasteiger partial charge in [0.1, 0.15) is 42.7 Å². The van der Waals surface area contributed by atoms with Crippen molar-refractivity contribution in [2.45, 2.75) is 68.1 Å². The first-order chi connectivity index (χ1) is 12.2. The first-order valence-electron chi connectivity index (χ1n) is 8.07. The lowest BCUT2D eigenvalue weighted by atomic mass is 9.95. The Hall–Kier alpha value is -1.09. The molecular formula is C14H25NO11. The molecule has 152 valence electrons. The highest BCUT2D eigenvalue weighted by atomic mass is 16.7. The van der Waals surface area contributed by atoms with E-state index in [9.17, 15) is 30.3 Å². The number of primary amides is 1. The number of aliphatic hydroxyl groups excluding tert-OH is 6. The summed E-state index contributed by atoms with van der Waals surface area (Å²) in [6.45, 7) is 0.305. The zero-order valence-electron chi connectivity index (χ0n) is 14.0. The van der Waals surface area contributed by atoms with Gasteiger partial charge in [-0.1, -0.05) is 0 Å². The summed E-state index contributed by atoms with van der Waals surface area (Å²) in [6.07, 6.45) is -14.8. The molecule has 2 saturated heterocycles. The monoisotopic (exact) mass is 383 g/mol. The molecular weight excluding hydrogens is 358 g/mol. The molecule has 10 atom stereocenters. The number of hydrogen-bond acceptors (Lipinski definition) is 11. The topological polar surface area (TPSA) is 201 Å². The van der Waals surface area contributed by atoms with Crippen molar-refractivity contribution in [3.8, 4) is 0 Å². The highest BCUT2D eigenvalue weighted by molar-refractivity contribution is 5.65. The molecule has 2 aliphatic rings. The van der Waals surface area contributed by atoms with Crippen LogP contribution in [-0.2, 0) is 18.9 Å². The number of nitrogens with two attached hydrogens (primary N) is 1. The van der Waals surface area contributed by atoms with Crippen LogP contribution in [0.3, 0.4) is 0 Å². The van der Waals surface area contributed by atoms with Crippen LogP contribution in [0.2, 0.25) is 0 Å². The first-order valence-corrected chi connectivity index (χ1v) is 8.07. The fourth-order valence-corrected chi connectivity index (χ4v) is 3.06. The van der Waals surface area contributed by atoms with Crippen LogP contribution in [0, 0.1) is 0 Å². The second-order valence-corrected chi connectivity index (χ2v) is 6.25. The molecule has 26 heavy (non-hydrogen) atoms. The lowest BCUT2D eigenvalue weighted by Gasteiger charge is -2.46. The molecule has 1 unspecified atom stereocenters. The van der Waals surface area contributed by atoms with Crippen molar-refractivity contribution in [2.75, 3.05) is 13.2 Å². The van der Waals surface area contributed by atoms with Crippen LogP contribution >= 0.6 is 0 Å². The predicted molar refractivity (Wildman–Crippen MR) is 80.5 cm³/mol. The van der Waals surface area contributed by atoms with Gasteiger partial charge < -0.3 is 55.3 Å². The number of rotatable bonds is 5. The van der Waals surface area contributed by atoms with Crippen molar-refractivity contribution in [2.24, 2.45) is 5.73 Å². The molecule has 1 amide bonds. The number of ether oxygens (including phenoxy) is 4. The molecule has 12 nitrogen and oxygen atoms in total. The molecule has 0 aromatic rings. The van der Waals surface area contributed by atoms with E-state index in [1.807, 2.05) is 0 Å². The molecule has 0 aliphatic carbocycles. The van der Waals surface area contributed by atoms with Crippen LogP contribution in [0.15, 0.2) is 0 Å². The van der Waals surface area contributed by atoms with E-state index in [0.29, 0.717) is 0 Å². The number of amides is 1. The van der Waals surface area contributed by atoms with E-state index in [-0.39, 0.29) is 0 Å². The van der Waals surface area contributed by atoms with Gasteiger partial charge in [-0.3, -0.25) is 0 Å². The second-order valence-electron chi connectivity index (χ2n) is 6.25. The Morgan fingerprint density at radius 1 is 0.923 bits per heavy atom. The number of carbonyl (C=O) groups excluding carboxylic acids is 1. The maximum atomic E-state index is 11.0. The third kappa shape index (κ3) is 4.24. The third-order valence-corrected chi connectivity index (χ3v) is 4.46. The van der Waals surface area contributed by atoms with Gasteiger partial charge in [-0.25, -0.2) is 4.79 Å². The molecule has 2 rings (SSSR count). The Kier molecular flexibility index (Phi) is 7.12. The molecule has 0 aromatic heterocycles. The number of carbonyl (C=O) groups is 1. The van der Waals surface area contributed by atoms with Crippen molar-refractivity contribution in [1.29, 1.82) is 0 Å². The maximum absolute atomic E-state index is 11.0. The molecule has 0 radical (unpaired) electrons. The van der Waals surface area contributed by atoms with E-state index in [4.69, 9.17) is 25.1 Å². The minimum absolute atomic E-state index is 0.523. The Balaban J connectivity index is 2.14. The van der Waals surface area contributed by atoms with Gasteiger partial charge >= 0.3 is 6.09 Å². The van der Waals surface area contributed by atoms with Gasteiger partial charge in [0.15, 0.2) is 12.4 Å². The summed E-state index contributed by atoms with van der Waals surface area (Å²) in [7, 11) is 0. The fourth-order valence-electron chi connectivity index (χ4n) is 3.06. The van der Waals surface area contributed by atoms with Crippen LogP contribution in [0.4, 0.5) is 4.79 Å². The van der Waals surface area contributed by atoms with Gasteiger partial charge in [-0.05, 0) is 6.92 Å². The fraction of sp³-hybridized carbons (Fsp3) is 0.929. The molecule has 2 aliphatic heterocycles. The maximum Gasteiger partial charge on any atom is 0.404 e. The summed E-state index contributed by atoms with van der Waals surface area (Å²) in [4.78, 5) is 11.0. The van der Waals surface area contributed by atoms with Gasteiger partial charge in [0.2, 0.25) is 0 Å². The third-order valence-electron chi connectivity index (χ3n) is 4.46. The van der Waals surface area contributed by atoms with Gasteiger partial charge in [-0.15, -0.1) is 0 Å². The van der Waals surface area contributed by atoms with Gasteiger partial charge in [0.05, 0.1) is 19.3 Å². The first kappa shape index (κ1) is 21.2. The Morgan fingerprint density at radius 2 is 1.50 bits per heavy atom. The van der Waals surface area contributed by atoms with Gasteiger partial charge in [0.25, 0.3) is 0 Å². The van der Waals surface area contributed by atoms with Crippen molar-refractivity contribution in [3.05, 3.63) is 0 Å². The molecule has 2 heterocycles. The molecule has 2 fully saturated rings. The summed E-state index contributed by atoms with van der Waals surface area (Å²) in [6, 6.07) is 0. The van der Waals surface area contributed by atoms with Crippen LogP contribution in [0.1, 0.15) is 6.92 Å². The van der Waals surface area contributed by atoms with E-state index in [1.165, 1.54) is 6.92 Å². The van der Waals surface area contributed by atoms with E-state index >= 15 is 0 Å². The highest BCUT2D eigenvalue weighted by Crippen LogP contribution is 2.29. The van der Waals surface area contributed by atoms with Crippen molar-refractivity contribution in [3.63, 3.8) is 0 Å². The Labute approximate surface area is 148 Å². The van der Waals surface area contributed by atoms with Crippen LogP contribution in [-0.4, -0.2) is 111 Å². The SMILES string of the molecule is CC1O[C@@H](CO)[C@@H](O)[C@H](O)[C@@H]1O[C@H]1O[C@H](CO)[C@@H](O)[C@H](OC(N)=O)[C@@H]1O. The zero-order chi connectivity index (χ0) is 19.6. The molecule has 12 heteroatoms. The average molecular weight is 383 g/mol. The van der Waals surface area contributed by atoms with Gasteiger partial charge in [0, 0.05) is 0 Å². The molecule has 0 aromatic carbocycles. The van der Waals surface area contributed by atoms with E-state index in [2.05, 4.69) is 4.74 Å². The standard InChI is InChI=1S/C14H25NO11/c1-4-11(9(20)7(18)5(2-16)23-4)25-13-10(21)12(26-14(15)22)8(19)6(3-17)24-13/h4-13,16-21H,2-3H2,1H3,(H2,15,22)/t4?,5-,6+,7+,8+,9-,10-,11+,12-,13+/m0/s1. The van der Waals surface area contributed by atoms with Crippen LogP contribution in [0.5, 0.6) is 0 Å². The molecule has 0 bridgehead atoms. The Morgan fingerprint density at radius 3 is 2.04 bits per heavy atom. The zero-order valence-corrected chi connectivity index (χ0v) is 14.0. The second kappa shape index (κ2) is 8.73. The lowest BCUT2D eigenvalue weighted by Crippen LogP contribution is -2.64. The molecule has 0 spiro atoms. The normalized spacial score (nSPS) is 46.7. The minimum atomic E-state index is -1.70. The molecule has 0 saturated carbocycles.